The van der Waals surface area contributed by atoms with Crippen molar-refractivity contribution in [2.75, 3.05) is 36.1 Å². The molecule has 0 unspecified atom stereocenters. The summed E-state index contributed by atoms with van der Waals surface area (Å²) in [5.74, 6) is -0.0204. The minimum Gasteiger partial charge on any atom is -1.00 e. The lowest BCUT2D eigenvalue weighted by atomic mass is 10.1. The first-order chi connectivity index (χ1) is 16.5. The predicted octanol–water partition coefficient (Wildman–Crippen LogP) is 3.85. The zero-order valence-electron chi connectivity index (χ0n) is 23.0. The van der Waals surface area contributed by atoms with Gasteiger partial charge in [0, 0.05) is 12.6 Å². The lowest BCUT2D eigenvalue weighted by molar-refractivity contribution is -0.0000108. The van der Waals surface area contributed by atoms with Crippen molar-refractivity contribution in [3.05, 3.63) is 35.8 Å². The van der Waals surface area contributed by atoms with Gasteiger partial charge in [-0.25, -0.2) is 27.1 Å². The van der Waals surface area contributed by atoms with Gasteiger partial charge in [-0.1, -0.05) is 53.9 Å². The Hall–Kier alpha value is -1.11. The molecule has 0 atom stereocenters. The molecule has 1 aromatic carbocycles. The fourth-order valence-corrected chi connectivity index (χ4v) is 10.4. The van der Waals surface area contributed by atoms with Crippen molar-refractivity contribution in [1.29, 1.82) is 0 Å². The Bertz CT molecular complexity index is 1040. The molecule has 0 bridgehead atoms. The predicted molar refractivity (Wildman–Crippen MR) is 151 cm³/mol. The van der Waals surface area contributed by atoms with Crippen LogP contribution in [0.1, 0.15) is 84.8 Å². The Morgan fingerprint density at radius 3 is 1.78 bits per heavy atom. The Kier molecular flexibility index (Phi) is 13.5. The van der Waals surface area contributed by atoms with Crippen LogP contribution in [0.15, 0.2) is 24.3 Å². The first-order valence-corrected chi connectivity index (χ1v) is 17.2. The molecule has 0 spiro atoms. The molecule has 9 heteroatoms. The molecule has 0 N–H and O–H groups in total. The van der Waals surface area contributed by atoms with Crippen LogP contribution in [0.25, 0.3) is 11.3 Å². The van der Waals surface area contributed by atoms with Crippen LogP contribution in [-0.4, -0.2) is 50.2 Å². The van der Waals surface area contributed by atoms with Crippen LogP contribution < -0.4 is 26.6 Å². The molecular formula is C27H44BrFN3O2PS. The minimum atomic E-state index is -3.54. The van der Waals surface area contributed by atoms with E-state index in [0.717, 1.165) is 84.5 Å². The summed E-state index contributed by atoms with van der Waals surface area (Å²) < 4.78 is 39.9. The number of unbranched alkanes of at least 4 members (excludes halogenated alkanes) is 3. The molecule has 2 aromatic rings. The monoisotopic (exact) mass is 603 g/mol. The SMILES string of the molecule is CCCC[P+](CCCC)(CCCC)c1c(-c2ccc(F)cc2)nc(N(C)S(C)(=O)=O)nc1C(C)C.[Br-]. The first-order valence-electron chi connectivity index (χ1n) is 13.0. The summed E-state index contributed by atoms with van der Waals surface area (Å²) in [5.41, 5.74) is 2.55. The van der Waals surface area contributed by atoms with E-state index < -0.39 is 17.3 Å². The Morgan fingerprint density at radius 1 is 0.917 bits per heavy atom. The number of rotatable bonds is 14. The second kappa shape index (κ2) is 14.7. The summed E-state index contributed by atoms with van der Waals surface area (Å²) in [4.78, 5) is 9.84. The third-order valence-electron chi connectivity index (χ3n) is 6.64. The van der Waals surface area contributed by atoms with Crippen molar-refractivity contribution in [3.8, 4) is 11.3 Å². The lowest BCUT2D eigenvalue weighted by Gasteiger charge is -2.32. The van der Waals surface area contributed by atoms with Crippen LogP contribution in [0.5, 0.6) is 0 Å². The van der Waals surface area contributed by atoms with Gasteiger partial charge in [-0.3, -0.25) is 0 Å². The summed E-state index contributed by atoms with van der Waals surface area (Å²) in [7, 11) is -3.72. The zero-order chi connectivity index (χ0) is 26.2. The molecular weight excluding hydrogens is 560 g/mol. The molecule has 0 aliphatic heterocycles. The van der Waals surface area contributed by atoms with Crippen molar-refractivity contribution in [2.45, 2.75) is 79.1 Å². The van der Waals surface area contributed by atoms with Crippen LogP contribution in [0.2, 0.25) is 0 Å². The van der Waals surface area contributed by atoms with Crippen molar-refractivity contribution in [1.82, 2.24) is 9.97 Å². The third-order valence-corrected chi connectivity index (χ3v) is 12.7. The summed E-state index contributed by atoms with van der Waals surface area (Å²) >= 11 is 0. The van der Waals surface area contributed by atoms with E-state index in [4.69, 9.17) is 9.97 Å². The Labute approximate surface area is 229 Å². The number of benzene rings is 1. The summed E-state index contributed by atoms with van der Waals surface area (Å²) in [6, 6.07) is 6.45. The van der Waals surface area contributed by atoms with Crippen LogP contribution in [0, 0.1) is 5.82 Å². The highest BCUT2D eigenvalue weighted by Gasteiger charge is 2.44. The van der Waals surface area contributed by atoms with E-state index in [1.54, 1.807) is 12.1 Å². The molecule has 1 heterocycles. The molecule has 0 saturated carbocycles. The molecule has 36 heavy (non-hydrogen) atoms. The quantitative estimate of drug-likeness (QED) is 0.308. The second-order valence-corrected chi connectivity index (χ2v) is 16.0. The molecule has 0 amide bonds. The van der Waals surface area contributed by atoms with Crippen LogP contribution >= 0.6 is 7.26 Å². The average Bonchev–Trinajstić information content (AvgIpc) is 2.82. The maximum absolute atomic E-state index is 13.9. The number of hydrogen-bond donors (Lipinski definition) is 0. The Balaban J connectivity index is 0.00000648. The average molecular weight is 605 g/mol. The minimum absolute atomic E-state index is 0. The fourth-order valence-electron chi connectivity index (χ4n) is 4.48. The molecule has 2 rings (SSSR count). The molecule has 1 aromatic heterocycles. The van der Waals surface area contributed by atoms with E-state index in [0.29, 0.717) is 0 Å². The smallest absolute Gasteiger partial charge is 0.240 e. The zero-order valence-corrected chi connectivity index (χ0v) is 26.3. The number of sulfonamides is 1. The van der Waals surface area contributed by atoms with Gasteiger partial charge < -0.3 is 17.0 Å². The topological polar surface area (TPSA) is 63.2 Å². The fraction of sp³-hybridized carbons (Fsp3) is 0.630. The van der Waals surface area contributed by atoms with Crippen LogP contribution in [0.4, 0.5) is 10.3 Å². The molecule has 204 valence electrons. The number of halogens is 2. The van der Waals surface area contributed by atoms with E-state index in [9.17, 15) is 12.8 Å². The van der Waals surface area contributed by atoms with E-state index >= 15 is 0 Å². The van der Waals surface area contributed by atoms with Gasteiger partial charge in [-0.2, -0.15) is 0 Å². The lowest BCUT2D eigenvalue weighted by Crippen LogP contribution is -3.00. The second-order valence-electron chi connectivity index (χ2n) is 9.87. The number of anilines is 1. The maximum atomic E-state index is 13.9. The molecule has 0 radical (unpaired) electrons. The van der Waals surface area contributed by atoms with Crippen molar-refractivity contribution >= 4 is 28.5 Å². The van der Waals surface area contributed by atoms with Gasteiger partial charge in [-0.05, 0) is 49.4 Å². The highest BCUT2D eigenvalue weighted by Crippen LogP contribution is 2.62. The largest absolute Gasteiger partial charge is 1.00 e. The highest BCUT2D eigenvalue weighted by atomic mass is 79.9. The van der Waals surface area contributed by atoms with Crippen molar-refractivity contribution in [2.24, 2.45) is 0 Å². The van der Waals surface area contributed by atoms with Crippen LogP contribution in [-0.2, 0) is 10.0 Å². The van der Waals surface area contributed by atoms with E-state index in [-0.39, 0.29) is 34.7 Å². The number of nitrogens with zero attached hydrogens (tertiary/aromatic N) is 3. The highest BCUT2D eigenvalue weighted by molar-refractivity contribution is 7.92. The van der Waals surface area contributed by atoms with Gasteiger partial charge in [0.1, 0.15) is 16.8 Å². The Morgan fingerprint density at radius 2 is 1.39 bits per heavy atom. The molecule has 0 fully saturated rings. The standard InChI is InChI=1S/C27H44FN3O2PS.BrH/c1-8-11-18-34(19-12-9-2,20-13-10-3)26-24(21(4)5)29-27(31(6)35(7,32)33)30-25(26)22-14-16-23(28)17-15-22;/h14-17,21H,8-13,18-20H2,1-7H3;1H/q+1;/p-1. The van der Waals surface area contributed by atoms with Crippen LogP contribution in [0.3, 0.4) is 0 Å². The van der Waals surface area contributed by atoms with E-state index in [1.165, 1.54) is 24.5 Å². The van der Waals surface area contributed by atoms with E-state index in [1.807, 2.05) is 0 Å². The summed E-state index contributed by atoms with van der Waals surface area (Å²) in [5, 5.41) is 1.24. The third kappa shape index (κ3) is 8.19. The first kappa shape index (κ1) is 32.9. The molecule has 0 saturated heterocycles. The normalized spacial score (nSPS) is 12.0. The van der Waals surface area contributed by atoms with Gasteiger partial charge in [-0.15, -0.1) is 0 Å². The van der Waals surface area contributed by atoms with Gasteiger partial charge in [0.25, 0.3) is 0 Å². The summed E-state index contributed by atoms with van der Waals surface area (Å²) in [6.45, 7) is 11.0. The van der Waals surface area contributed by atoms with Crippen molar-refractivity contribution < 1.29 is 29.8 Å². The van der Waals surface area contributed by atoms with Gasteiger partial charge >= 0.3 is 0 Å². The summed E-state index contributed by atoms with van der Waals surface area (Å²) in [6.07, 6.45) is 11.4. The molecule has 5 nitrogen and oxygen atoms in total. The van der Waals surface area contributed by atoms with Gasteiger partial charge in [0.05, 0.1) is 37.7 Å². The molecule has 0 aliphatic rings. The molecule has 0 aliphatic carbocycles. The van der Waals surface area contributed by atoms with Crippen molar-refractivity contribution in [3.63, 3.8) is 0 Å². The maximum Gasteiger partial charge on any atom is 0.240 e. The number of aromatic nitrogens is 2. The van der Waals surface area contributed by atoms with Gasteiger partial charge in [0.2, 0.25) is 16.0 Å². The van der Waals surface area contributed by atoms with E-state index in [2.05, 4.69) is 34.6 Å². The number of hydrogen-bond acceptors (Lipinski definition) is 4. The van der Waals surface area contributed by atoms with Gasteiger partial charge in [0.15, 0.2) is 0 Å².